The summed E-state index contributed by atoms with van der Waals surface area (Å²) in [6.45, 7) is 2.26. The topological polar surface area (TPSA) is 93.3 Å². The predicted molar refractivity (Wildman–Crippen MR) is 113 cm³/mol. The van der Waals surface area contributed by atoms with Gasteiger partial charge in [-0.3, -0.25) is 4.79 Å². The lowest BCUT2D eigenvalue weighted by atomic mass is 9.86. The second-order valence-corrected chi connectivity index (χ2v) is 10.1. The summed E-state index contributed by atoms with van der Waals surface area (Å²) in [6, 6.07) is 0. The lowest BCUT2D eigenvalue weighted by Crippen LogP contribution is -2.17. The second-order valence-electron chi connectivity index (χ2n) is 8.95. The van der Waals surface area contributed by atoms with Gasteiger partial charge >= 0.3 is 5.97 Å². The lowest BCUT2D eigenvalue weighted by molar-refractivity contribution is -0.133. The number of nitrogens with zero attached hydrogens (tertiary/aromatic N) is 2. The maximum absolute atomic E-state index is 13.2. The maximum atomic E-state index is 13.2. The molecule has 0 radical (unpaired) electrons. The Hall–Kier alpha value is -2.28. The molecule has 0 saturated heterocycles. The molecule has 0 amide bonds. The third-order valence-electron chi connectivity index (χ3n) is 6.57. The van der Waals surface area contributed by atoms with Crippen LogP contribution in [0.3, 0.4) is 0 Å². The molecule has 1 atom stereocenters. The van der Waals surface area contributed by atoms with Gasteiger partial charge in [-0.05, 0) is 69.3 Å². The molecular weight excluding hydrogens is 400 g/mol. The number of thiophene rings is 1. The number of hydrogen-bond acceptors (Lipinski definition) is 6. The number of carbonyl (C=O) groups excluding carboxylic acids is 1. The molecule has 6 nitrogen and oxygen atoms in total. The Balaban J connectivity index is 1.52. The van der Waals surface area contributed by atoms with Crippen LogP contribution >= 0.6 is 11.3 Å². The van der Waals surface area contributed by atoms with Gasteiger partial charge in [-0.15, -0.1) is 11.3 Å². The fourth-order valence-electron chi connectivity index (χ4n) is 4.73. The molecule has 2 aromatic rings. The first-order chi connectivity index (χ1) is 14.5. The number of carbonyl (C=O) groups is 2. The number of hydrogen-bond donors (Lipinski definition) is 1. The van der Waals surface area contributed by atoms with Gasteiger partial charge in [0.25, 0.3) is 5.89 Å². The number of allylic oxidation sites excluding steroid dienone is 1. The summed E-state index contributed by atoms with van der Waals surface area (Å²) >= 11 is 1.68. The summed E-state index contributed by atoms with van der Waals surface area (Å²) < 4.78 is 5.66. The Bertz CT molecular complexity index is 1040. The minimum absolute atomic E-state index is 0.0677. The van der Waals surface area contributed by atoms with E-state index in [-0.39, 0.29) is 12.2 Å². The number of carboxylic acids is 1. The molecule has 5 rings (SSSR count). The van der Waals surface area contributed by atoms with Crippen molar-refractivity contribution in [1.29, 1.82) is 0 Å². The standard InChI is InChI=1S/C23H26N2O4S/c1-12-6-9-16-18(10-12)30-19(20(16)22-24-21(25-29-22)13-7-8-13)11-17(26)14-4-2-3-5-15(14)23(27)28/h12-13H,2-11H2,1H3,(H,27,28)/t12-/m0/s1. The molecule has 30 heavy (non-hydrogen) atoms. The smallest absolute Gasteiger partial charge is 0.331 e. The van der Waals surface area contributed by atoms with E-state index in [0.29, 0.717) is 41.7 Å². The molecule has 0 bridgehead atoms. The second kappa shape index (κ2) is 7.76. The fraction of sp³-hybridized carbons (Fsp3) is 0.565. The zero-order valence-corrected chi connectivity index (χ0v) is 18.0. The van der Waals surface area contributed by atoms with Crippen molar-refractivity contribution in [3.05, 3.63) is 32.3 Å². The highest BCUT2D eigenvalue weighted by Crippen LogP contribution is 2.44. The molecule has 0 spiro atoms. The van der Waals surface area contributed by atoms with Crippen molar-refractivity contribution in [1.82, 2.24) is 10.1 Å². The summed E-state index contributed by atoms with van der Waals surface area (Å²) in [6.07, 6.45) is 8.26. The predicted octanol–water partition coefficient (Wildman–Crippen LogP) is 4.87. The maximum Gasteiger partial charge on any atom is 0.331 e. The highest BCUT2D eigenvalue weighted by molar-refractivity contribution is 7.12. The number of ketones is 1. The third-order valence-corrected chi connectivity index (χ3v) is 7.82. The summed E-state index contributed by atoms with van der Waals surface area (Å²) in [5.74, 6) is 1.31. The van der Waals surface area contributed by atoms with Crippen LogP contribution in [0.4, 0.5) is 0 Å². The van der Waals surface area contributed by atoms with Gasteiger partial charge in [0.15, 0.2) is 11.6 Å². The normalized spacial score (nSPS) is 21.6. The molecule has 7 heteroatoms. The van der Waals surface area contributed by atoms with E-state index in [1.54, 1.807) is 11.3 Å². The zero-order chi connectivity index (χ0) is 20.8. The van der Waals surface area contributed by atoms with Gasteiger partial charge in [-0.1, -0.05) is 12.1 Å². The first-order valence-corrected chi connectivity index (χ1v) is 11.8. The van der Waals surface area contributed by atoms with Crippen molar-refractivity contribution in [3.63, 3.8) is 0 Å². The van der Waals surface area contributed by atoms with Gasteiger partial charge < -0.3 is 9.63 Å². The molecule has 3 aliphatic carbocycles. The summed E-state index contributed by atoms with van der Waals surface area (Å²) in [5, 5.41) is 13.7. The summed E-state index contributed by atoms with van der Waals surface area (Å²) in [5.41, 5.74) is 3.01. The first-order valence-electron chi connectivity index (χ1n) is 11.0. The molecule has 1 saturated carbocycles. The van der Waals surface area contributed by atoms with Gasteiger partial charge in [0.1, 0.15) is 0 Å². The van der Waals surface area contributed by atoms with Gasteiger partial charge in [0, 0.05) is 33.2 Å². The number of aromatic nitrogens is 2. The number of aliphatic carboxylic acids is 1. The molecule has 3 aliphatic rings. The van der Waals surface area contributed by atoms with E-state index in [9.17, 15) is 14.7 Å². The van der Waals surface area contributed by atoms with Crippen molar-refractivity contribution in [3.8, 4) is 11.5 Å². The molecule has 0 aromatic carbocycles. The van der Waals surface area contributed by atoms with Gasteiger partial charge in [0.05, 0.1) is 5.56 Å². The molecular formula is C23H26N2O4S. The van der Waals surface area contributed by atoms with Gasteiger partial charge in [-0.25, -0.2) is 4.79 Å². The Labute approximate surface area is 179 Å². The fourth-order valence-corrected chi connectivity index (χ4v) is 6.23. The molecule has 0 unspecified atom stereocenters. The minimum atomic E-state index is -0.955. The van der Waals surface area contributed by atoms with Gasteiger partial charge in [-0.2, -0.15) is 4.98 Å². The number of fused-ring (bicyclic) bond motifs is 1. The minimum Gasteiger partial charge on any atom is -0.478 e. The zero-order valence-electron chi connectivity index (χ0n) is 17.2. The van der Waals surface area contributed by atoms with Crippen LogP contribution in [0.2, 0.25) is 0 Å². The van der Waals surface area contributed by atoms with Crippen molar-refractivity contribution in [2.45, 2.75) is 77.0 Å². The van der Waals surface area contributed by atoms with Crippen LogP contribution in [-0.4, -0.2) is 27.0 Å². The van der Waals surface area contributed by atoms with Crippen LogP contribution in [0.25, 0.3) is 11.5 Å². The van der Waals surface area contributed by atoms with E-state index in [1.165, 1.54) is 10.4 Å². The van der Waals surface area contributed by atoms with E-state index >= 15 is 0 Å². The third kappa shape index (κ3) is 3.64. The Kier molecular flexibility index (Phi) is 5.09. The van der Waals surface area contributed by atoms with Crippen LogP contribution in [-0.2, 0) is 28.9 Å². The van der Waals surface area contributed by atoms with E-state index in [4.69, 9.17) is 4.52 Å². The molecule has 158 valence electrons. The number of Topliss-reactive ketones (excluding diaryl/α,β-unsaturated/α-hetero) is 1. The number of rotatable bonds is 6. The Morgan fingerprint density at radius 1 is 1.13 bits per heavy atom. The molecule has 1 N–H and O–H groups in total. The van der Waals surface area contributed by atoms with Crippen LogP contribution in [0.5, 0.6) is 0 Å². The van der Waals surface area contributed by atoms with Crippen molar-refractivity contribution in [2.75, 3.05) is 0 Å². The van der Waals surface area contributed by atoms with Crippen LogP contribution in [0.15, 0.2) is 15.7 Å². The quantitative estimate of drug-likeness (QED) is 0.708. The molecule has 0 aliphatic heterocycles. The van der Waals surface area contributed by atoms with Crippen molar-refractivity contribution >= 4 is 23.1 Å². The average Bonchev–Trinajstić information content (AvgIpc) is 3.36. The lowest BCUT2D eigenvalue weighted by Gasteiger charge is -2.18. The monoisotopic (exact) mass is 426 g/mol. The van der Waals surface area contributed by atoms with Crippen molar-refractivity contribution < 1.29 is 19.2 Å². The van der Waals surface area contributed by atoms with Crippen molar-refractivity contribution in [2.24, 2.45) is 5.92 Å². The molecule has 2 heterocycles. The van der Waals surface area contributed by atoms with Gasteiger partial charge in [0.2, 0.25) is 0 Å². The average molecular weight is 427 g/mol. The highest BCUT2D eigenvalue weighted by atomic mass is 32.1. The van der Waals surface area contributed by atoms with E-state index in [2.05, 4.69) is 17.1 Å². The van der Waals surface area contributed by atoms with Crippen LogP contribution < -0.4 is 0 Å². The Morgan fingerprint density at radius 3 is 2.63 bits per heavy atom. The van der Waals surface area contributed by atoms with E-state index in [1.807, 2.05) is 0 Å². The largest absolute Gasteiger partial charge is 0.478 e. The van der Waals surface area contributed by atoms with Crippen LogP contribution in [0, 0.1) is 5.92 Å². The molecule has 2 aromatic heterocycles. The summed E-state index contributed by atoms with van der Waals surface area (Å²) in [7, 11) is 0. The van der Waals surface area contributed by atoms with E-state index in [0.717, 1.165) is 61.2 Å². The Morgan fingerprint density at radius 2 is 1.90 bits per heavy atom. The number of carboxylic acid groups (broad SMARTS) is 1. The molecule has 1 fully saturated rings. The first kappa shape index (κ1) is 19.7. The highest BCUT2D eigenvalue weighted by Gasteiger charge is 2.33. The SMILES string of the molecule is C[C@H]1CCc2c(sc(CC(=O)C3=C(C(=O)O)CCCC3)c2-c2nc(C3CC3)no2)C1. The van der Waals surface area contributed by atoms with Crippen LogP contribution in [0.1, 0.15) is 78.9 Å². The summed E-state index contributed by atoms with van der Waals surface area (Å²) in [4.78, 5) is 31.8. The van der Waals surface area contributed by atoms with E-state index < -0.39 is 5.97 Å².